The average molecular weight is 165 g/mol. The lowest BCUT2D eigenvalue weighted by Crippen LogP contribution is -1.82. The van der Waals surface area contributed by atoms with E-state index in [0.717, 1.165) is 12.3 Å². The summed E-state index contributed by atoms with van der Waals surface area (Å²) in [5.74, 6) is -0.734. The largest absolute Gasteiger partial charge is 0.501 e. The van der Waals surface area contributed by atoms with Crippen LogP contribution in [-0.4, -0.2) is 5.11 Å². The normalized spacial score (nSPS) is 10.8. The molecule has 0 spiro atoms. The molecule has 12 heavy (non-hydrogen) atoms. The molecule has 0 amide bonds. The summed E-state index contributed by atoms with van der Waals surface area (Å²) in [5.41, 5.74) is 0.271. The first-order chi connectivity index (χ1) is 5.74. The van der Waals surface area contributed by atoms with E-state index in [9.17, 15) is 4.39 Å². The van der Waals surface area contributed by atoms with Crippen molar-refractivity contribution in [2.45, 2.75) is 0 Å². The summed E-state index contributed by atoms with van der Waals surface area (Å²) >= 11 is 0. The van der Waals surface area contributed by atoms with E-state index < -0.39 is 5.82 Å². The van der Waals surface area contributed by atoms with Gasteiger partial charge in [-0.05, 0) is 12.1 Å². The van der Waals surface area contributed by atoms with Crippen LogP contribution in [0.1, 0.15) is 5.56 Å². The molecule has 0 saturated heterocycles. The van der Waals surface area contributed by atoms with Gasteiger partial charge < -0.3 is 5.11 Å². The van der Waals surface area contributed by atoms with Crippen LogP contribution in [0.3, 0.4) is 0 Å². The van der Waals surface area contributed by atoms with Crippen LogP contribution in [0.15, 0.2) is 30.5 Å². The highest BCUT2D eigenvalue weighted by atomic mass is 19.1. The second kappa shape index (κ2) is 3.49. The van der Waals surface area contributed by atoms with Gasteiger partial charge in [0.05, 0.1) is 0 Å². The summed E-state index contributed by atoms with van der Waals surface area (Å²) in [6, 6.07) is 5.34. The molecule has 0 radical (unpaired) electrons. The van der Waals surface area contributed by atoms with Gasteiger partial charge in [0.25, 0.3) is 0 Å². The van der Waals surface area contributed by atoms with Crippen LogP contribution in [0.4, 0.5) is 4.39 Å². The van der Waals surface area contributed by atoms with Crippen molar-refractivity contribution in [2.24, 2.45) is 0 Å². The Bertz CT molecular complexity index is 354. The Balaban J connectivity index is 3.05. The number of benzene rings is 1. The van der Waals surface area contributed by atoms with Crippen LogP contribution < -0.4 is 0 Å². The van der Waals surface area contributed by atoms with Crippen molar-refractivity contribution in [1.29, 1.82) is 5.39 Å². The highest BCUT2D eigenvalue weighted by Gasteiger charge is 2.03. The third-order valence-corrected chi connectivity index (χ3v) is 1.30. The fraction of sp³-hybridized carbons (Fsp3) is 0. The topological polar surface area (TPSA) is 48.4 Å². The van der Waals surface area contributed by atoms with Gasteiger partial charge in [-0.1, -0.05) is 12.1 Å². The smallest absolute Gasteiger partial charge is 0.392 e. The molecule has 1 rings (SSSR count). The van der Waals surface area contributed by atoms with Crippen LogP contribution >= 0.6 is 0 Å². The minimum atomic E-state index is -0.453. The monoisotopic (exact) mass is 165 g/mol. The molecule has 1 N–H and O–H groups in total. The van der Waals surface area contributed by atoms with Crippen molar-refractivity contribution in [3.63, 3.8) is 0 Å². The van der Waals surface area contributed by atoms with E-state index in [1.807, 2.05) is 0 Å². The zero-order valence-corrected chi connectivity index (χ0v) is 6.11. The molecule has 1 aromatic rings. The lowest BCUT2D eigenvalue weighted by Gasteiger charge is -1.93. The van der Waals surface area contributed by atoms with Crippen LogP contribution in [0.25, 0.3) is 10.7 Å². The minimum Gasteiger partial charge on any atom is -0.501 e. The molecule has 60 valence electrons. The number of hydrogen-bond donors (Lipinski definition) is 1. The van der Waals surface area contributed by atoms with Gasteiger partial charge in [-0.15, -0.1) is 0 Å². The zero-order chi connectivity index (χ0) is 8.97. The number of aliphatic hydroxyl groups excluding tert-OH is 1. The quantitative estimate of drug-likeness (QED) is 0.513. The molecule has 0 fully saturated rings. The summed E-state index contributed by atoms with van der Waals surface area (Å²) in [4.78, 5) is 2.61. The molecule has 0 heterocycles. The standard InChI is InChI=1S/C8H5FN2O/c9-7-3-1-2-6(4-7)8(12)5-11-10/h1-5H/p+1/b8-5-. The van der Waals surface area contributed by atoms with E-state index in [4.69, 9.17) is 10.5 Å². The molecular weight excluding hydrogens is 159 g/mol. The van der Waals surface area contributed by atoms with Crippen molar-refractivity contribution < 1.29 is 9.50 Å². The molecule has 0 saturated carbocycles. The van der Waals surface area contributed by atoms with Crippen molar-refractivity contribution in [3.8, 4) is 0 Å². The van der Waals surface area contributed by atoms with Gasteiger partial charge in [-0.3, -0.25) is 0 Å². The Labute approximate surface area is 68.4 Å². The number of nitrogens with zero attached hydrogens (tertiary/aromatic N) is 2. The molecule has 3 nitrogen and oxygen atoms in total. The molecule has 0 aliphatic carbocycles. The van der Waals surface area contributed by atoms with Gasteiger partial charge in [0.1, 0.15) is 5.82 Å². The maximum atomic E-state index is 12.5. The molecule has 1 aromatic carbocycles. The van der Waals surface area contributed by atoms with Gasteiger partial charge in [-0.25, -0.2) is 4.39 Å². The lowest BCUT2D eigenvalue weighted by molar-refractivity contribution is 0.510. The number of aliphatic hydroxyl groups is 1. The second-order valence-corrected chi connectivity index (χ2v) is 2.14. The van der Waals surface area contributed by atoms with Crippen LogP contribution in [0.5, 0.6) is 0 Å². The predicted octanol–water partition coefficient (Wildman–Crippen LogP) is 2.54. The van der Waals surface area contributed by atoms with Gasteiger partial charge in [-0.2, -0.15) is 0 Å². The van der Waals surface area contributed by atoms with Crippen molar-refractivity contribution in [3.05, 3.63) is 46.8 Å². The van der Waals surface area contributed by atoms with Crippen molar-refractivity contribution in [1.82, 2.24) is 0 Å². The second-order valence-electron chi connectivity index (χ2n) is 2.14. The number of diazo groups is 1. The molecule has 0 unspecified atom stereocenters. The fourth-order valence-electron chi connectivity index (χ4n) is 0.777. The third-order valence-electron chi connectivity index (χ3n) is 1.30. The Morgan fingerprint density at radius 3 is 2.92 bits per heavy atom. The number of hydrogen-bond acceptors (Lipinski definition) is 2. The summed E-state index contributed by atoms with van der Waals surface area (Å²) in [6.07, 6.45) is 0.828. The molecule has 0 aromatic heterocycles. The SMILES string of the molecule is N#[N+]/C=C(\O)c1cccc(F)c1. The predicted molar refractivity (Wildman–Crippen MR) is 42.1 cm³/mol. The Morgan fingerprint density at radius 2 is 2.33 bits per heavy atom. The molecule has 0 atom stereocenters. The maximum absolute atomic E-state index is 12.5. The Hall–Kier alpha value is -1.89. The zero-order valence-electron chi connectivity index (χ0n) is 6.11. The summed E-state index contributed by atoms with van der Waals surface area (Å²) < 4.78 is 12.5. The Morgan fingerprint density at radius 1 is 1.58 bits per heavy atom. The van der Waals surface area contributed by atoms with Gasteiger partial charge in [0.15, 0.2) is 4.98 Å². The highest BCUT2D eigenvalue weighted by molar-refractivity contribution is 5.58. The first-order valence-electron chi connectivity index (χ1n) is 3.23. The average Bonchev–Trinajstić information content (AvgIpc) is 2.05. The molecular formula is C8H6FN2O+. The first kappa shape index (κ1) is 8.21. The molecule has 0 aliphatic heterocycles. The lowest BCUT2D eigenvalue weighted by atomic mass is 10.2. The minimum absolute atomic E-state index is 0.271. The van der Waals surface area contributed by atoms with Gasteiger partial charge in [0, 0.05) is 5.56 Å². The first-order valence-corrected chi connectivity index (χ1v) is 3.23. The summed E-state index contributed by atoms with van der Waals surface area (Å²) in [6.45, 7) is 0. The number of rotatable bonds is 1. The van der Waals surface area contributed by atoms with Crippen LogP contribution in [-0.2, 0) is 0 Å². The van der Waals surface area contributed by atoms with Gasteiger partial charge >= 0.3 is 6.20 Å². The Kier molecular flexibility index (Phi) is 2.38. The fourth-order valence-corrected chi connectivity index (χ4v) is 0.777. The third kappa shape index (κ3) is 1.80. The summed E-state index contributed by atoms with van der Waals surface area (Å²) in [5, 5.41) is 17.1. The molecule has 4 heteroatoms. The van der Waals surface area contributed by atoms with E-state index in [1.165, 1.54) is 18.2 Å². The molecule has 0 aliphatic rings. The van der Waals surface area contributed by atoms with Crippen molar-refractivity contribution >= 4 is 5.76 Å². The van der Waals surface area contributed by atoms with E-state index in [-0.39, 0.29) is 11.3 Å². The number of halogens is 1. The van der Waals surface area contributed by atoms with E-state index in [2.05, 4.69) is 4.98 Å². The van der Waals surface area contributed by atoms with E-state index >= 15 is 0 Å². The summed E-state index contributed by atoms with van der Waals surface area (Å²) in [7, 11) is 0. The van der Waals surface area contributed by atoms with Crippen molar-refractivity contribution in [2.75, 3.05) is 0 Å². The van der Waals surface area contributed by atoms with Crippen LogP contribution in [0, 0.1) is 11.2 Å². The van der Waals surface area contributed by atoms with E-state index in [0.29, 0.717) is 0 Å². The maximum Gasteiger partial charge on any atom is 0.392 e. The molecule has 0 bridgehead atoms. The van der Waals surface area contributed by atoms with Crippen LogP contribution in [0.2, 0.25) is 0 Å². The van der Waals surface area contributed by atoms with E-state index in [1.54, 1.807) is 0 Å². The van der Waals surface area contributed by atoms with Gasteiger partial charge in [0.2, 0.25) is 11.2 Å². The highest BCUT2D eigenvalue weighted by Crippen LogP contribution is 2.12.